The van der Waals surface area contributed by atoms with E-state index in [1.54, 1.807) is 19.3 Å². The van der Waals surface area contributed by atoms with Gasteiger partial charge in [-0.2, -0.15) is 0 Å². The SMILES string of the molecule is C1C2CC3C4CC4C3C12. The zero-order valence-corrected chi connectivity index (χ0v) is 5.59. The average Bonchev–Trinajstić information content (AvgIpc) is 2.69. The second kappa shape index (κ2) is 0.889. The summed E-state index contributed by atoms with van der Waals surface area (Å²) in [5.41, 5.74) is 0. The van der Waals surface area contributed by atoms with Gasteiger partial charge < -0.3 is 0 Å². The van der Waals surface area contributed by atoms with Crippen LogP contribution in [0.25, 0.3) is 0 Å². The Balaban J connectivity index is 1.81. The predicted octanol–water partition coefficient (Wildman–Crippen LogP) is 1.91. The molecule has 6 unspecified atom stereocenters. The molecular weight excluding hydrogens is 108 g/mol. The van der Waals surface area contributed by atoms with E-state index in [9.17, 15) is 0 Å². The van der Waals surface area contributed by atoms with Crippen LogP contribution in [0.5, 0.6) is 0 Å². The van der Waals surface area contributed by atoms with Crippen molar-refractivity contribution < 1.29 is 0 Å². The second-order valence-electron chi connectivity index (χ2n) is 4.70. The van der Waals surface area contributed by atoms with Crippen LogP contribution >= 0.6 is 0 Å². The van der Waals surface area contributed by atoms with Crippen LogP contribution in [0.15, 0.2) is 0 Å². The maximum Gasteiger partial charge on any atom is -0.0321 e. The van der Waals surface area contributed by atoms with Crippen LogP contribution in [0.1, 0.15) is 19.3 Å². The highest BCUT2D eigenvalue weighted by Crippen LogP contribution is 2.78. The van der Waals surface area contributed by atoms with Crippen molar-refractivity contribution in [1.82, 2.24) is 0 Å². The van der Waals surface area contributed by atoms with Crippen molar-refractivity contribution in [1.29, 1.82) is 0 Å². The first-order valence-corrected chi connectivity index (χ1v) is 4.45. The molecule has 0 spiro atoms. The van der Waals surface area contributed by atoms with Crippen molar-refractivity contribution >= 4 is 0 Å². The van der Waals surface area contributed by atoms with E-state index >= 15 is 0 Å². The molecule has 0 saturated heterocycles. The van der Waals surface area contributed by atoms with Gasteiger partial charge in [-0.05, 0) is 54.8 Å². The third kappa shape index (κ3) is 0.281. The van der Waals surface area contributed by atoms with E-state index in [4.69, 9.17) is 0 Å². The molecule has 0 N–H and O–H groups in total. The van der Waals surface area contributed by atoms with Crippen LogP contribution in [-0.2, 0) is 0 Å². The summed E-state index contributed by atoms with van der Waals surface area (Å²) in [5.74, 6) is 7.58. The van der Waals surface area contributed by atoms with Gasteiger partial charge in [0.1, 0.15) is 0 Å². The van der Waals surface area contributed by atoms with Gasteiger partial charge in [-0.1, -0.05) is 0 Å². The van der Waals surface area contributed by atoms with E-state index in [0.717, 1.165) is 0 Å². The van der Waals surface area contributed by atoms with Crippen molar-refractivity contribution in [2.45, 2.75) is 19.3 Å². The average molecular weight is 120 g/mol. The van der Waals surface area contributed by atoms with E-state index in [1.807, 2.05) is 0 Å². The summed E-state index contributed by atoms with van der Waals surface area (Å²) in [6, 6.07) is 0. The molecule has 0 amide bonds. The van der Waals surface area contributed by atoms with E-state index in [2.05, 4.69) is 0 Å². The molecule has 0 heteroatoms. The quantitative estimate of drug-likeness (QED) is 0.458. The highest BCUT2D eigenvalue weighted by molar-refractivity contribution is 5.19. The zero-order chi connectivity index (χ0) is 5.59. The summed E-state index contributed by atoms with van der Waals surface area (Å²) in [6.07, 6.45) is 4.92. The molecule has 0 heterocycles. The fourth-order valence-corrected chi connectivity index (χ4v) is 3.96. The van der Waals surface area contributed by atoms with Crippen molar-refractivity contribution in [3.63, 3.8) is 0 Å². The Bertz CT molecular complexity index is 184. The summed E-state index contributed by atoms with van der Waals surface area (Å²) in [7, 11) is 0. The van der Waals surface area contributed by atoms with Gasteiger partial charge in [0.2, 0.25) is 0 Å². The summed E-state index contributed by atoms with van der Waals surface area (Å²) in [5, 5.41) is 0. The minimum atomic E-state index is 1.24. The second-order valence-corrected chi connectivity index (χ2v) is 4.70. The number of hydrogen-bond donors (Lipinski definition) is 0. The van der Waals surface area contributed by atoms with Crippen molar-refractivity contribution in [2.75, 3.05) is 0 Å². The minimum Gasteiger partial charge on any atom is -0.0468 e. The molecule has 9 heavy (non-hydrogen) atoms. The van der Waals surface area contributed by atoms with Crippen LogP contribution in [0.2, 0.25) is 0 Å². The normalized spacial score (nSPS) is 80.0. The Morgan fingerprint density at radius 1 is 0.667 bits per heavy atom. The van der Waals surface area contributed by atoms with Gasteiger partial charge in [-0.25, -0.2) is 0 Å². The number of rotatable bonds is 0. The molecule has 0 aromatic heterocycles. The van der Waals surface area contributed by atoms with E-state index in [-0.39, 0.29) is 0 Å². The molecule has 0 aromatic rings. The zero-order valence-electron chi connectivity index (χ0n) is 5.59. The Labute approximate surface area is 55.6 Å². The van der Waals surface area contributed by atoms with Crippen LogP contribution in [0.3, 0.4) is 0 Å². The molecule has 4 rings (SSSR count). The minimum absolute atomic E-state index is 1.24. The monoisotopic (exact) mass is 120 g/mol. The Hall–Kier alpha value is 0. The molecular formula is C9H12. The van der Waals surface area contributed by atoms with Gasteiger partial charge in [0.15, 0.2) is 0 Å². The molecule has 4 aliphatic rings. The summed E-state index contributed by atoms with van der Waals surface area (Å²) >= 11 is 0. The standard InChI is InChI=1S/C9H12/c1-4-2-7-6-3-8(6)9(7)5(1)4/h4-9H,1-3H2. The largest absolute Gasteiger partial charge is 0.0468 e. The third-order valence-electron chi connectivity index (χ3n) is 4.48. The molecule has 0 nitrogen and oxygen atoms in total. The van der Waals surface area contributed by atoms with Gasteiger partial charge in [-0.15, -0.1) is 0 Å². The lowest BCUT2D eigenvalue weighted by Crippen LogP contribution is -2.27. The first-order chi connectivity index (χ1) is 4.45. The molecule has 0 radical (unpaired) electrons. The van der Waals surface area contributed by atoms with Crippen molar-refractivity contribution in [3.05, 3.63) is 0 Å². The Morgan fingerprint density at radius 3 is 2.33 bits per heavy atom. The van der Waals surface area contributed by atoms with Crippen LogP contribution in [0.4, 0.5) is 0 Å². The van der Waals surface area contributed by atoms with E-state index < -0.39 is 0 Å². The van der Waals surface area contributed by atoms with Gasteiger partial charge in [0.25, 0.3) is 0 Å². The lowest BCUT2D eigenvalue weighted by molar-refractivity contribution is 0.160. The highest BCUT2D eigenvalue weighted by Gasteiger charge is 2.71. The summed E-state index contributed by atoms with van der Waals surface area (Å²) < 4.78 is 0. The topological polar surface area (TPSA) is 0 Å². The molecule has 48 valence electrons. The van der Waals surface area contributed by atoms with Crippen LogP contribution in [-0.4, -0.2) is 0 Å². The van der Waals surface area contributed by atoms with E-state index in [1.165, 1.54) is 35.5 Å². The maximum atomic E-state index is 1.65. The molecule has 4 saturated carbocycles. The van der Waals surface area contributed by atoms with E-state index in [0.29, 0.717) is 0 Å². The molecule has 6 atom stereocenters. The number of fused-ring (bicyclic) bond motifs is 6. The van der Waals surface area contributed by atoms with Crippen molar-refractivity contribution in [2.24, 2.45) is 35.5 Å². The smallest absolute Gasteiger partial charge is 0.0321 e. The summed E-state index contributed by atoms with van der Waals surface area (Å²) in [4.78, 5) is 0. The third-order valence-corrected chi connectivity index (χ3v) is 4.48. The highest BCUT2D eigenvalue weighted by atomic mass is 14.8. The van der Waals surface area contributed by atoms with Gasteiger partial charge in [0, 0.05) is 0 Å². The number of hydrogen-bond acceptors (Lipinski definition) is 0. The first-order valence-electron chi connectivity index (χ1n) is 4.45. The lowest BCUT2D eigenvalue weighted by Gasteiger charge is -2.31. The maximum absolute atomic E-state index is 1.65. The van der Waals surface area contributed by atoms with Gasteiger partial charge >= 0.3 is 0 Å². The van der Waals surface area contributed by atoms with Gasteiger partial charge in [0.05, 0.1) is 0 Å². The fourth-order valence-electron chi connectivity index (χ4n) is 3.96. The molecule has 4 aliphatic carbocycles. The fraction of sp³-hybridized carbons (Fsp3) is 1.00. The molecule has 0 aromatic carbocycles. The predicted molar refractivity (Wildman–Crippen MR) is 34.8 cm³/mol. The Morgan fingerprint density at radius 2 is 1.44 bits per heavy atom. The van der Waals surface area contributed by atoms with Crippen LogP contribution in [0, 0.1) is 35.5 Å². The summed E-state index contributed by atoms with van der Waals surface area (Å²) in [6.45, 7) is 0. The van der Waals surface area contributed by atoms with Crippen molar-refractivity contribution in [3.8, 4) is 0 Å². The lowest BCUT2D eigenvalue weighted by atomic mass is 9.73. The molecule has 0 aliphatic heterocycles. The Kier molecular flexibility index (Phi) is 0.395. The molecule has 0 bridgehead atoms. The first kappa shape index (κ1) is 4.00. The van der Waals surface area contributed by atoms with Gasteiger partial charge in [-0.3, -0.25) is 0 Å². The molecule has 4 fully saturated rings. The van der Waals surface area contributed by atoms with Crippen LogP contribution < -0.4 is 0 Å².